The van der Waals surface area contributed by atoms with Crippen LogP contribution in [0.15, 0.2) is 48.5 Å². The van der Waals surface area contributed by atoms with E-state index in [1.54, 1.807) is 4.90 Å². The molecule has 8 nitrogen and oxygen atoms in total. The molecule has 3 aliphatic rings. The number of alkyl carbamates (subject to hydrolysis) is 1. The van der Waals surface area contributed by atoms with Gasteiger partial charge in [0, 0.05) is 25.6 Å². The standard InChI is InChI=1S/C27H30N2O6/c30-25(29-11-5-6-17(14-29)26(31)32)18-12-19(34-15-18)13-28-27(33)35-16-24-22-9-3-1-7-20(22)21-8-2-4-10-23(21)24/h1-4,7-10,17-19,24H,5-6,11-16H2,(H,28,33)(H,31,32)/t17-,18?,19?/m1/s1. The summed E-state index contributed by atoms with van der Waals surface area (Å²) in [5.41, 5.74) is 4.67. The molecular weight excluding hydrogens is 448 g/mol. The van der Waals surface area contributed by atoms with Gasteiger partial charge >= 0.3 is 12.1 Å². The number of nitrogens with one attached hydrogen (secondary N) is 1. The predicted molar refractivity (Wildman–Crippen MR) is 128 cm³/mol. The molecule has 2 aromatic rings. The van der Waals surface area contributed by atoms with Gasteiger partial charge in [0.15, 0.2) is 0 Å². The van der Waals surface area contributed by atoms with Crippen LogP contribution in [0.4, 0.5) is 4.79 Å². The molecule has 184 valence electrons. The minimum Gasteiger partial charge on any atom is -0.481 e. The SMILES string of the molecule is O=C(NCC1CC(C(=O)N2CCC[C@@H](C(=O)O)C2)CO1)OCC1c2ccccc2-c2ccccc21. The monoisotopic (exact) mass is 478 g/mol. The summed E-state index contributed by atoms with van der Waals surface area (Å²) < 4.78 is 11.3. The maximum atomic E-state index is 12.8. The molecule has 2 saturated heterocycles. The van der Waals surface area contributed by atoms with Crippen molar-refractivity contribution in [2.45, 2.75) is 31.3 Å². The fraction of sp³-hybridized carbons (Fsp3) is 0.444. The average Bonchev–Trinajstić information content (AvgIpc) is 3.49. The van der Waals surface area contributed by atoms with Crippen molar-refractivity contribution in [1.29, 1.82) is 0 Å². The van der Waals surface area contributed by atoms with Gasteiger partial charge in [0.2, 0.25) is 5.91 Å². The van der Waals surface area contributed by atoms with E-state index < -0.39 is 18.0 Å². The molecule has 5 rings (SSSR count). The van der Waals surface area contributed by atoms with Gasteiger partial charge in [-0.3, -0.25) is 9.59 Å². The molecule has 2 heterocycles. The number of benzene rings is 2. The van der Waals surface area contributed by atoms with Crippen LogP contribution in [0.1, 0.15) is 36.3 Å². The molecule has 2 aromatic carbocycles. The smallest absolute Gasteiger partial charge is 0.407 e. The molecule has 2 aliphatic heterocycles. The topological polar surface area (TPSA) is 105 Å². The Morgan fingerprint density at radius 3 is 2.40 bits per heavy atom. The highest BCUT2D eigenvalue weighted by atomic mass is 16.5. The Kier molecular flexibility index (Phi) is 6.72. The van der Waals surface area contributed by atoms with Crippen molar-refractivity contribution in [3.05, 3.63) is 59.7 Å². The molecule has 2 unspecified atom stereocenters. The average molecular weight is 479 g/mol. The number of carboxylic acid groups (broad SMARTS) is 1. The number of rotatable bonds is 6. The van der Waals surface area contributed by atoms with Crippen LogP contribution in [0.5, 0.6) is 0 Å². The summed E-state index contributed by atoms with van der Waals surface area (Å²) in [4.78, 5) is 38.2. The van der Waals surface area contributed by atoms with E-state index >= 15 is 0 Å². The van der Waals surface area contributed by atoms with Crippen molar-refractivity contribution in [3.63, 3.8) is 0 Å². The number of fused-ring (bicyclic) bond motifs is 3. The van der Waals surface area contributed by atoms with Crippen molar-refractivity contribution in [1.82, 2.24) is 10.2 Å². The third-order valence-corrected chi connectivity index (χ3v) is 7.33. The number of carbonyl (C=O) groups excluding carboxylic acids is 2. The van der Waals surface area contributed by atoms with Crippen LogP contribution in [0.3, 0.4) is 0 Å². The van der Waals surface area contributed by atoms with E-state index in [1.807, 2.05) is 24.3 Å². The Morgan fingerprint density at radius 1 is 1.03 bits per heavy atom. The lowest BCUT2D eigenvalue weighted by Gasteiger charge is -2.32. The summed E-state index contributed by atoms with van der Waals surface area (Å²) in [5.74, 6) is -1.72. The van der Waals surface area contributed by atoms with Crippen LogP contribution < -0.4 is 5.32 Å². The molecule has 1 aliphatic carbocycles. The fourth-order valence-electron chi connectivity index (χ4n) is 5.50. The maximum Gasteiger partial charge on any atom is 0.407 e. The van der Waals surface area contributed by atoms with E-state index in [-0.39, 0.29) is 50.2 Å². The predicted octanol–water partition coefficient (Wildman–Crippen LogP) is 3.25. The lowest BCUT2D eigenvalue weighted by atomic mass is 9.96. The maximum absolute atomic E-state index is 12.8. The number of aliphatic carboxylic acids is 1. The highest BCUT2D eigenvalue weighted by Gasteiger charge is 2.36. The van der Waals surface area contributed by atoms with Crippen molar-refractivity contribution in [3.8, 4) is 11.1 Å². The van der Waals surface area contributed by atoms with E-state index in [4.69, 9.17) is 9.47 Å². The molecule has 2 fully saturated rings. The van der Waals surface area contributed by atoms with Crippen LogP contribution >= 0.6 is 0 Å². The summed E-state index contributed by atoms with van der Waals surface area (Å²) >= 11 is 0. The molecule has 2 N–H and O–H groups in total. The molecule has 3 atom stereocenters. The van der Waals surface area contributed by atoms with E-state index in [0.717, 1.165) is 11.1 Å². The van der Waals surface area contributed by atoms with Crippen LogP contribution in [-0.4, -0.2) is 66.9 Å². The molecule has 0 spiro atoms. The number of hydrogen-bond donors (Lipinski definition) is 2. The zero-order valence-electron chi connectivity index (χ0n) is 19.5. The summed E-state index contributed by atoms with van der Waals surface area (Å²) in [6.07, 6.45) is 1.02. The van der Waals surface area contributed by atoms with E-state index in [0.29, 0.717) is 25.8 Å². The summed E-state index contributed by atoms with van der Waals surface area (Å²) in [6, 6.07) is 16.4. The van der Waals surface area contributed by atoms with Crippen molar-refractivity contribution in [2.75, 3.05) is 32.8 Å². The number of carboxylic acids is 1. The number of piperidine rings is 1. The second-order valence-electron chi connectivity index (χ2n) is 9.56. The molecule has 8 heteroatoms. The quantitative estimate of drug-likeness (QED) is 0.660. The summed E-state index contributed by atoms with van der Waals surface area (Å²) in [5, 5.41) is 12.0. The van der Waals surface area contributed by atoms with Crippen molar-refractivity contribution >= 4 is 18.0 Å². The van der Waals surface area contributed by atoms with Gasteiger partial charge in [-0.25, -0.2) is 4.79 Å². The summed E-state index contributed by atoms with van der Waals surface area (Å²) in [6.45, 7) is 1.63. The van der Waals surface area contributed by atoms with Gasteiger partial charge < -0.3 is 24.8 Å². The van der Waals surface area contributed by atoms with Crippen LogP contribution in [0.25, 0.3) is 11.1 Å². The van der Waals surface area contributed by atoms with Gasteiger partial charge in [0.05, 0.1) is 24.5 Å². The lowest BCUT2D eigenvalue weighted by molar-refractivity contribution is -0.146. The first kappa shape index (κ1) is 23.4. The molecule has 0 aromatic heterocycles. The normalized spacial score (nSPS) is 23.4. The zero-order valence-corrected chi connectivity index (χ0v) is 19.5. The minimum atomic E-state index is -0.852. The van der Waals surface area contributed by atoms with Gasteiger partial charge in [-0.15, -0.1) is 0 Å². The molecule has 0 radical (unpaired) electrons. The first-order chi connectivity index (χ1) is 17.0. The highest BCUT2D eigenvalue weighted by Crippen LogP contribution is 2.44. The Labute approximate surface area is 204 Å². The van der Waals surface area contributed by atoms with Gasteiger partial charge in [0.1, 0.15) is 6.61 Å². The number of likely N-dealkylation sites (tertiary alicyclic amines) is 1. The van der Waals surface area contributed by atoms with Gasteiger partial charge in [-0.2, -0.15) is 0 Å². The second-order valence-corrected chi connectivity index (χ2v) is 9.56. The second kappa shape index (κ2) is 10.1. The van der Waals surface area contributed by atoms with Gasteiger partial charge in [-0.1, -0.05) is 48.5 Å². The number of amides is 2. The van der Waals surface area contributed by atoms with E-state index in [1.165, 1.54) is 11.1 Å². The van der Waals surface area contributed by atoms with Crippen molar-refractivity contribution < 1.29 is 29.0 Å². The van der Waals surface area contributed by atoms with Gasteiger partial charge in [-0.05, 0) is 41.5 Å². The molecule has 0 bridgehead atoms. The highest BCUT2D eigenvalue weighted by molar-refractivity contribution is 5.81. The number of ether oxygens (including phenoxy) is 2. The zero-order chi connectivity index (χ0) is 24.4. The van der Waals surface area contributed by atoms with E-state index in [2.05, 4.69) is 29.6 Å². The third-order valence-electron chi connectivity index (χ3n) is 7.33. The van der Waals surface area contributed by atoms with Crippen molar-refractivity contribution in [2.24, 2.45) is 11.8 Å². The largest absolute Gasteiger partial charge is 0.481 e. The van der Waals surface area contributed by atoms with Gasteiger partial charge in [0.25, 0.3) is 0 Å². The Morgan fingerprint density at radius 2 is 1.71 bits per heavy atom. The molecule has 2 amide bonds. The molecule has 0 saturated carbocycles. The molecule has 35 heavy (non-hydrogen) atoms. The lowest BCUT2D eigenvalue weighted by Crippen LogP contribution is -2.45. The van der Waals surface area contributed by atoms with Crippen LogP contribution in [0.2, 0.25) is 0 Å². The van der Waals surface area contributed by atoms with E-state index in [9.17, 15) is 19.5 Å². The Hall–Kier alpha value is -3.39. The van der Waals surface area contributed by atoms with Crippen LogP contribution in [0, 0.1) is 11.8 Å². The number of nitrogens with zero attached hydrogens (tertiary/aromatic N) is 1. The summed E-state index contributed by atoms with van der Waals surface area (Å²) in [7, 11) is 0. The Balaban J connectivity index is 1.09. The first-order valence-corrected chi connectivity index (χ1v) is 12.2. The fourth-order valence-corrected chi connectivity index (χ4v) is 5.50. The van der Waals surface area contributed by atoms with Crippen LogP contribution in [-0.2, 0) is 19.1 Å². The number of carbonyl (C=O) groups is 3. The molecular formula is C27H30N2O6. The number of hydrogen-bond acceptors (Lipinski definition) is 5. The third kappa shape index (κ3) is 4.89. The minimum absolute atomic E-state index is 0.00273. The first-order valence-electron chi connectivity index (χ1n) is 12.2. The Bertz CT molecular complexity index is 1070.